The average Bonchev–Trinajstić information content (AvgIpc) is 0.751. The highest BCUT2D eigenvalue weighted by Gasteiger charge is 2.16. The van der Waals surface area contributed by atoms with Crippen LogP contribution in [0.5, 0.6) is 86.2 Å². The van der Waals surface area contributed by atoms with Crippen LogP contribution in [0.2, 0.25) is 0 Å². The molecule has 12 heteroatoms. The molecule has 0 aliphatic rings. The van der Waals surface area contributed by atoms with E-state index in [0.29, 0.717) is 57.5 Å². The van der Waals surface area contributed by atoms with Gasteiger partial charge in [-0.05, 0) is 234 Å². The van der Waals surface area contributed by atoms with Crippen LogP contribution >= 0.6 is 57.7 Å². The van der Waals surface area contributed by atoms with Crippen LogP contribution in [0.15, 0.2) is 341 Å². The summed E-state index contributed by atoms with van der Waals surface area (Å²) in [7, 11) is 0. The largest absolute Gasteiger partial charge is 0.508 e. The van der Waals surface area contributed by atoms with E-state index in [1.165, 1.54) is 32.3 Å². The van der Waals surface area contributed by atoms with Gasteiger partial charge in [0.2, 0.25) is 0 Å². The predicted molar refractivity (Wildman–Crippen MR) is 406 cm³/mol. The van der Waals surface area contributed by atoms with Crippen LogP contribution in [0, 0.1) is 0 Å². The zero-order valence-electron chi connectivity index (χ0n) is 51.3. The monoisotopic (exact) mass is 1460 g/mol. The predicted octanol–water partition coefficient (Wildman–Crippen LogP) is 26.6. The molecule has 0 aliphatic carbocycles. The molecule has 16 aromatic carbocycles. The number of halogens is 3. The van der Waals surface area contributed by atoms with E-state index in [0.717, 1.165) is 68.7 Å². The molecule has 0 saturated heterocycles. The fourth-order valence-corrected chi connectivity index (χ4v) is 12.4. The van der Waals surface area contributed by atoms with E-state index in [-0.39, 0.29) is 15.6 Å². The van der Waals surface area contributed by atoms with Gasteiger partial charge in [-0.25, -0.2) is 0 Å². The number of aromatic hydroxyl groups is 1. The maximum absolute atomic E-state index is 9.21. The minimum Gasteiger partial charge on any atom is -0.508 e. The van der Waals surface area contributed by atoms with Gasteiger partial charge in [0.25, 0.3) is 0 Å². The summed E-state index contributed by atoms with van der Waals surface area (Å²) in [4.78, 5) is 0. The van der Waals surface area contributed by atoms with Crippen molar-refractivity contribution in [2.75, 3.05) is 0 Å². The molecular weight excluding hydrogens is 1410 g/mol. The molecule has 0 aliphatic heterocycles. The van der Waals surface area contributed by atoms with Crippen LogP contribution in [0.1, 0.15) is 0 Å². The van der Waals surface area contributed by atoms with Crippen molar-refractivity contribution in [1.29, 1.82) is 0 Å². The van der Waals surface area contributed by atoms with Crippen molar-refractivity contribution in [3.63, 3.8) is 0 Å². The number of hydrogen-bond acceptors (Lipinski definition) is 8. The molecule has 0 spiro atoms. The second kappa shape index (κ2) is 29.7. The number of rotatable bonds is 14. The van der Waals surface area contributed by atoms with Crippen molar-refractivity contribution in [2.45, 2.75) is 0 Å². The zero-order valence-corrected chi connectivity index (χ0v) is 57.5. The third-order valence-electron chi connectivity index (χ3n) is 15.5. The van der Waals surface area contributed by atoms with Crippen LogP contribution in [-0.2, 0) is 0 Å². The molecule has 0 bridgehead atoms. The van der Waals surface area contributed by atoms with E-state index < -0.39 is 0 Å². The molecule has 468 valence electrons. The first-order valence-corrected chi connectivity index (χ1v) is 32.9. The maximum atomic E-state index is 9.21. The van der Waals surface area contributed by atoms with Crippen LogP contribution in [0.3, 0.4) is 0 Å². The molecule has 16 rings (SSSR count). The number of phenolic OH excluding ortho intramolecular Hbond substituents is 1. The van der Waals surface area contributed by atoms with Crippen LogP contribution in [0.4, 0.5) is 0 Å². The van der Waals surface area contributed by atoms with Gasteiger partial charge in [-0.3, -0.25) is 0 Å². The van der Waals surface area contributed by atoms with Gasteiger partial charge in [-0.2, -0.15) is 9.90 Å². The third kappa shape index (κ3) is 15.4. The van der Waals surface area contributed by atoms with Gasteiger partial charge < -0.3 is 38.3 Å². The molecule has 96 heavy (non-hydrogen) atoms. The number of fused-ring (bicyclic) bond motifs is 12. The Labute approximate surface area is 583 Å². The second-order valence-electron chi connectivity index (χ2n) is 22.1. The standard InChI is InChI=1S/C54H36O6.C18H9Br3.C12H10O2.H3P/c1-4-13-37(14-5-1)55-40-19-10-22-43(31-40)58-46-25-28-49-52(34-46)50-29-26-47(59-44-23-11-20-41(32-44)56-38-15-6-2-7-16-38)36-54(50)51-30-27-48(35-53(49)51)60-45-24-12-21-42(33-45)57-39-17-8-3-9-18-39;19-10-1-4-13-16(7-10)14-5-2-12(21)9-18(14)15-6-3-11(20)8-17(13)15;13-10-5-4-8-12(9-10)14-11-6-2-1-3-7-11;/h1-36H;1-9H;1-9,13H;1H3. The molecule has 1 atom stereocenters. The lowest BCUT2D eigenvalue weighted by Crippen LogP contribution is -1.91. The van der Waals surface area contributed by atoms with E-state index in [9.17, 15) is 5.11 Å². The Bertz CT molecular complexity index is 4890. The summed E-state index contributed by atoms with van der Waals surface area (Å²) in [5.74, 6) is 10.00. The Balaban J connectivity index is 0.000000187. The van der Waals surface area contributed by atoms with Gasteiger partial charge in [-0.1, -0.05) is 181 Å². The third-order valence-corrected chi connectivity index (χ3v) is 17.0. The topological polar surface area (TPSA) is 84.8 Å². The quantitative estimate of drug-likeness (QED) is 0.0852. The Morgan fingerprint density at radius 3 is 0.625 bits per heavy atom. The highest BCUT2D eigenvalue weighted by Crippen LogP contribution is 2.44. The fourth-order valence-electron chi connectivity index (χ4n) is 11.3. The molecule has 8 nitrogen and oxygen atoms in total. The summed E-state index contributed by atoms with van der Waals surface area (Å²) in [6, 6.07) is 106. The van der Waals surface area contributed by atoms with Crippen molar-refractivity contribution in [3.8, 4) is 86.2 Å². The summed E-state index contributed by atoms with van der Waals surface area (Å²) in [5, 5.41) is 23.1. The molecular formula is C84H58Br3O8P. The second-order valence-corrected chi connectivity index (χ2v) is 24.8. The number of para-hydroxylation sites is 4. The lowest BCUT2D eigenvalue weighted by atomic mass is 9.94. The minimum absolute atomic E-state index is 0. The van der Waals surface area contributed by atoms with Crippen LogP contribution in [-0.4, -0.2) is 5.11 Å². The minimum atomic E-state index is 0. The molecule has 0 fully saturated rings. The molecule has 1 unspecified atom stereocenters. The van der Waals surface area contributed by atoms with Crippen molar-refractivity contribution in [2.24, 2.45) is 0 Å². The molecule has 0 saturated carbocycles. The van der Waals surface area contributed by atoms with E-state index in [1.54, 1.807) is 24.3 Å². The first kappa shape index (κ1) is 64.1. The van der Waals surface area contributed by atoms with Gasteiger partial charge in [0.05, 0.1) is 0 Å². The van der Waals surface area contributed by atoms with Gasteiger partial charge in [0.15, 0.2) is 0 Å². The molecule has 0 amide bonds. The van der Waals surface area contributed by atoms with Gasteiger partial charge in [-0.15, -0.1) is 0 Å². The summed E-state index contributed by atoms with van der Waals surface area (Å²) in [6.07, 6.45) is 0. The number of phenols is 1. The maximum Gasteiger partial charge on any atom is 0.131 e. The lowest BCUT2D eigenvalue weighted by Gasteiger charge is -2.16. The van der Waals surface area contributed by atoms with E-state index >= 15 is 0 Å². The Kier molecular flexibility index (Phi) is 19.9. The SMILES string of the molecule is Brc1ccc2c(c1)c1ccc(Br)cc1c1ccc(Br)cc21.Oc1cccc(Oc2ccccc2)c1.P.c1ccc(Oc2cccc(Oc3ccc4c(c3)c3ccc(Oc5cccc(Oc6ccccc6)c5)cc3c3ccc(Oc5cccc(Oc6ccccc6)c5)cc43)c2)cc1. The summed E-state index contributed by atoms with van der Waals surface area (Å²) in [6.45, 7) is 0. The smallest absolute Gasteiger partial charge is 0.131 e. The molecule has 16 aromatic rings. The van der Waals surface area contributed by atoms with Gasteiger partial charge in [0.1, 0.15) is 86.2 Å². The van der Waals surface area contributed by atoms with Crippen molar-refractivity contribution in [1.82, 2.24) is 0 Å². The van der Waals surface area contributed by atoms with Crippen LogP contribution < -0.4 is 33.2 Å². The molecule has 0 radical (unpaired) electrons. The normalized spacial score (nSPS) is 10.8. The van der Waals surface area contributed by atoms with Crippen molar-refractivity contribution in [3.05, 3.63) is 341 Å². The highest BCUT2D eigenvalue weighted by atomic mass is 79.9. The Hall–Kier alpha value is -10.7. The number of hydrogen-bond donors (Lipinski definition) is 1. The molecule has 1 N–H and O–H groups in total. The summed E-state index contributed by atoms with van der Waals surface area (Å²) in [5.41, 5.74) is 0. The first-order chi connectivity index (χ1) is 46.6. The number of benzene rings is 16. The summed E-state index contributed by atoms with van der Waals surface area (Å²) >= 11 is 10.8. The van der Waals surface area contributed by atoms with Crippen molar-refractivity contribution < 1.29 is 38.3 Å². The van der Waals surface area contributed by atoms with Gasteiger partial charge >= 0.3 is 0 Å². The Morgan fingerprint density at radius 2 is 0.365 bits per heavy atom. The molecule has 0 aromatic heterocycles. The Morgan fingerprint density at radius 1 is 0.167 bits per heavy atom. The highest BCUT2D eigenvalue weighted by molar-refractivity contribution is 9.11. The average molecular weight is 1470 g/mol. The summed E-state index contributed by atoms with van der Waals surface area (Å²) < 4.78 is 46.5. The zero-order chi connectivity index (χ0) is 64.5. The van der Waals surface area contributed by atoms with Crippen LogP contribution in [0.25, 0.3) is 64.6 Å². The first-order valence-electron chi connectivity index (χ1n) is 30.5. The molecule has 0 heterocycles. The lowest BCUT2D eigenvalue weighted by molar-refractivity contribution is 0.455. The number of ether oxygens (including phenoxy) is 7. The fraction of sp³-hybridized carbons (Fsp3) is 0. The van der Waals surface area contributed by atoms with Gasteiger partial charge in [0, 0.05) is 37.7 Å². The van der Waals surface area contributed by atoms with E-state index in [4.69, 9.17) is 33.2 Å². The van der Waals surface area contributed by atoms with E-state index in [2.05, 4.69) is 139 Å². The van der Waals surface area contributed by atoms with E-state index in [1.807, 2.05) is 212 Å². The van der Waals surface area contributed by atoms with Crippen molar-refractivity contribution >= 4 is 122 Å².